The Balaban J connectivity index is 1.72. The second-order valence-electron chi connectivity index (χ2n) is 4.84. The van der Waals surface area contributed by atoms with E-state index in [1.165, 1.54) is 11.1 Å². The van der Waals surface area contributed by atoms with E-state index in [0.29, 0.717) is 0 Å². The summed E-state index contributed by atoms with van der Waals surface area (Å²) in [5.41, 5.74) is 4.08. The summed E-state index contributed by atoms with van der Waals surface area (Å²) in [6.07, 6.45) is 1.12. The second kappa shape index (κ2) is 5.72. The summed E-state index contributed by atoms with van der Waals surface area (Å²) < 4.78 is 0. The molecule has 0 bridgehead atoms. The zero-order valence-corrected chi connectivity index (χ0v) is 12.0. The average molecular weight is 273 g/mol. The number of hydrogen-bond acceptors (Lipinski definition) is 4. The van der Waals surface area contributed by atoms with Gasteiger partial charge in [0.1, 0.15) is 0 Å². The highest BCUT2D eigenvalue weighted by atomic mass is 32.1. The van der Waals surface area contributed by atoms with Gasteiger partial charge in [0, 0.05) is 25.0 Å². The molecule has 0 fully saturated rings. The van der Waals surface area contributed by atoms with Crippen LogP contribution < -0.4 is 10.2 Å². The number of aromatic nitrogens is 1. The van der Waals surface area contributed by atoms with Crippen molar-refractivity contribution in [3.8, 4) is 0 Å². The average Bonchev–Trinajstić information content (AvgIpc) is 2.93. The number of thiazole rings is 1. The van der Waals surface area contributed by atoms with Gasteiger partial charge in [-0.25, -0.2) is 4.98 Å². The van der Waals surface area contributed by atoms with Gasteiger partial charge in [0.05, 0.1) is 5.69 Å². The van der Waals surface area contributed by atoms with Crippen LogP contribution in [0, 0.1) is 0 Å². The van der Waals surface area contributed by atoms with Gasteiger partial charge in [-0.2, -0.15) is 0 Å². The smallest absolute Gasteiger partial charge is 0.185 e. The first-order valence-electron chi connectivity index (χ1n) is 6.83. The number of benzene rings is 1. The van der Waals surface area contributed by atoms with Crippen LogP contribution in [0.4, 0.5) is 5.13 Å². The minimum atomic E-state index is 0.872. The van der Waals surface area contributed by atoms with E-state index in [2.05, 4.69) is 46.8 Å². The number of rotatable bonds is 4. The molecule has 0 radical (unpaired) electrons. The number of nitrogens with one attached hydrogen (secondary N) is 1. The summed E-state index contributed by atoms with van der Waals surface area (Å²) in [4.78, 5) is 7.12. The fourth-order valence-corrected chi connectivity index (χ4v) is 3.29. The van der Waals surface area contributed by atoms with Gasteiger partial charge in [0.15, 0.2) is 5.13 Å². The van der Waals surface area contributed by atoms with Gasteiger partial charge < -0.3 is 10.2 Å². The van der Waals surface area contributed by atoms with Crippen LogP contribution in [0.1, 0.15) is 23.7 Å². The molecule has 1 aliphatic heterocycles. The highest BCUT2D eigenvalue weighted by Gasteiger charge is 2.18. The third-order valence-electron chi connectivity index (χ3n) is 3.50. The van der Waals surface area contributed by atoms with Crippen molar-refractivity contribution >= 4 is 16.5 Å². The molecule has 4 heteroatoms. The maximum Gasteiger partial charge on any atom is 0.185 e. The normalized spacial score (nSPS) is 14.5. The van der Waals surface area contributed by atoms with Gasteiger partial charge in [-0.05, 0) is 24.1 Å². The maximum atomic E-state index is 4.73. The summed E-state index contributed by atoms with van der Waals surface area (Å²) in [6.45, 7) is 6.05. The Labute approximate surface area is 118 Å². The standard InChI is InChI=1S/C15H19N3S/c1-2-16-9-14-11-19-15(17-14)18-8-7-12-5-3-4-6-13(12)10-18/h3-6,11,16H,2,7-10H2,1H3. The third-order valence-corrected chi connectivity index (χ3v) is 4.45. The Morgan fingerprint density at radius 2 is 2.16 bits per heavy atom. The molecule has 0 spiro atoms. The van der Waals surface area contributed by atoms with Crippen molar-refractivity contribution < 1.29 is 0 Å². The molecule has 0 unspecified atom stereocenters. The van der Waals surface area contributed by atoms with Crippen LogP contribution in [0.3, 0.4) is 0 Å². The predicted octanol–water partition coefficient (Wildman–Crippen LogP) is 2.82. The van der Waals surface area contributed by atoms with Crippen molar-refractivity contribution in [1.82, 2.24) is 10.3 Å². The molecular formula is C15H19N3S. The summed E-state index contributed by atoms with van der Waals surface area (Å²) >= 11 is 1.76. The van der Waals surface area contributed by atoms with Gasteiger partial charge in [-0.3, -0.25) is 0 Å². The van der Waals surface area contributed by atoms with Crippen molar-refractivity contribution in [3.05, 3.63) is 46.5 Å². The van der Waals surface area contributed by atoms with E-state index in [0.717, 1.165) is 43.4 Å². The predicted molar refractivity (Wildman–Crippen MR) is 80.7 cm³/mol. The number of anilines is 1. The first-order chi connectivity index (χ1) is 9.36. The molecule has 1 aliphatic rings. The summed E-state index contributed by atoms with van der Waals surface area (Å²) in [7, 11) is 0. The van der Waals surface area contributed by atoms with Crippen LogP contribution >= 0.6 is 11.3 Å². The van der Waals surface area contributed by atoms with Crippen LogP contribution in [-0.4, -0.2) is 18.1 Å². The van der Waals surface area contributed by atoms with E-state index in [-0.39, 0.29) is 0 Å². The lowest BCUT2D eigenvalue weighted by Gasteiger charge is -2.28. The van der Waals surface area contributed by atoms with Gasteiger partial charge in [0.25, 0.3) is 0 Å². The van der Waals surface area contributed by atoms with Crippen molar-refractivity contribution in [2.24, 2.45) is 0 Å². The van der Waals surface area contributed by atoms with Crippen molar-refractivity contribution in [2.75, 3.05) is 18.0 Å². The lowest BCUT2D eigenvalue weighted by molar-refractivity contribution is 0.702. The van der Waals surface area contributed by atoms with Gasteiger partial charge in [0.2, 0.25) is 0 Å². The fourth-order valence-electron chi connectivity index (χ4n) is 2.43. The SMILES string of the molecule is CCNCc1csc(N2CCc3ccccc3C2)n1. The quantitative estimate of drug-likeness (QED) is 0.928. The zero-order valence-electron chi connectivity index (χ0n) is 11.2. The Kier molecular flexibility index (Phi) is 3.80. The lowest BCUT2D eigenvalue weighted by Crippen LogP contribution is -2.30. The minimum Gasteiger partial charge on any atom is -0.343 e. The highest BCUT2D eigenvalue weighted by molar-refractivity contribution is 7.13. The third kappa shape index (κ3) is 2.80. The molecule has 1 aromatic heterocycles. The van der Waals surface area contributed by atoms with E-state index < -0.39 is 0 Å². The van der Waals surface area contributed by atoms with Gasteiger partial charge >= 0.3 is 0 Å². The molecule has 0 saturated heterocycles. The molecule has 0 atom stereocenters. The van der Waals surface area contributed by atoms with Crippen molar-refractivity contribution in [3.63, 3.8) is 0 Å². The van der Waals surface area contributed by atoms with Crippen LogP contribution in [-0.2, 0) is 19.5 Å². The maximum absolute atomic E-state index is 4.73. The molecule has 100 valence electrons. The molecule has 0 saturated carbocycles. The van der Waals surface area contributed by atoms with Crippen LogP contribution in [0.2, 0.25) is 0 Å². The van der Waals surface area contributed by atoms with Crippen LogP contribution in [0.15, 0.2) is 29.6 Å². The lowest BCUT2D eigenvalue weighted by atomic mass is 10.0. The second-order valence-corrected chi connectivity index (χ2v) is 5.68. The Morgan fingerprint density at radius 1 is 1.32 bits per heavy atom. The molecule has 2 aromatic rings. The summed E-state index contributed by atoms with van der Waals surface area (Å²) in [5, 5.41) is 6.64. The number of fused-ring (bicyclic) bond motifs is 1. The molecule has 19 heavy (non-hydrogen) atoms. The molecule has 3 rings (SSSR count). The van der Waals surface area contributed by atoms with E-state index in [4.69, 9.17) is 4.98 Å². The number of hydrogen-bond donors (Lipinski definition) is 1. The Morgan fingerprint density at radius 3 is 3.00 bits per heavy atom. The minimum absolute atomic E-state index is 0.872. The number of nitrogens with zero attached hydrogens (tertiary/aromatic N) is 2. The monoisotopic (exact) mass is 273 g/mol. The van der Waals surface area contributed by atoms with E-state index in [1.807, 2.05) is 0 Å². The van der Waals surface area contributed by atoms with Crippen molar-refractivity contribution in [1.29, 1.82) is 0 Å². The highest BCUT2D eigenvalue weighted by Crippen LogP contribution is 2.27. The van der Waals surface area contributed by atoms with Gasteiger partial charge in [-0.15, -0.1) is 11.3 Å². The first-order valence-corrected chi connectivity index (χ1v) is 7.71. The van der Waals surface area contributed by atoms with Crippen LogP contribution in [0.5, 0.6) is 0 Å². The Hall–Kier alpha value is -1.39. The van der Waals surface area contributed by atoms with Gasteiger partial charge in [-0.1, -0.05) is 31.2 Å². The molecule has 3 nitrogen and oxygen atoms in total. The summed E-state index contributed by atoms with van der Waals surface area (Å²) in [6, 6.07) is 8.73. The van der Waals surface area contributed by atoms with Crippen molar-refractivity contribution in [2.45, 2.75) is 26.4 Å². The van der Waals surface area contributed by atoms with E-state index >= 15 is 0 Å². The molecule has 1 N–H and O–H groups in total. The topological polar surface area (TPSA) is 28.2 Å². The summed E-state index contributed by atoms with van der Waals surface area (Å²) in [5.74, 6) is 0. The first kappa shape index (κ1) is 12.6. The largest absolute Gasteiger partial charge is 0.343 e. The Bertz CT molecular complexity index is 550. The zero-order chi connectivity index (χ0) is 13.1. The van der Waals surface area contributed by atoms with Crippen LogP contribution in [0.25, 0.3) is 0 Å². The van der Waals surface area contributed by atoms with E-state index in [9.17, 15) is 0 Å². The fraction of sp³-hybridized carbons (Fsp3) is 0.400. The molecule has 1 aromatic carbocycles. The molecular weight excluding hydrogens is 254 g/mol. The molecule has 2 heterocycles. The molecule has 0 aliphatic carbocycles. The van der Waals surface area contributed by atoms with E-state index in [1.54, 1.807) is 11.3 Å². The molecule has 0 amide bonds.